The summed E-state index contributed by atoms with van der Waals surface area (Å²) in [7, 11) is 0. The molecule has 68 valence electrons. The van der Waals surface area contributed by atoms with Crippen LogP contribution in [0.4, 0.5) is 0 Å². The molecule has 0 N–H and O–H groups in total. The van der Waals surface area contributed by atoms with Crippen LogP contribution >= 0.6 is 0 Å². The van der Waals surface area contributed by atoms with Crippen LogP contribution in [0.1, 0.15) is 46.5 Å². The van der Waals surface area contributed by atoms with Gasteiger partial charge in [0.25, 0.3) is 0 Å². The van der Waals surface area contributed by atoms with E-state index in [1.165, 1.54) is 0 Å². The molecule has 0 saturated heterocycles. The van der Waals surface area contributed by atoms with Crippen LogP contribution in [-0.4, -0.2) is 11.8 Å². The van der Waals surface area contributed by atoms with Crippen LogP contribution in [-0.2, 0) is 0 Å². The zero-order valence-corrected chi connectivity index (χ0v) is 8.30. The Labute approximate surface area is 75.3 Å². The summed E-state index contributed by atoms with van der Waals surface area (Å²) in [6, 6.07) is 2.13. The molecule has 0 unspecified atom stereocenters. The van der Waals surface area contributed by atoms with E-state index >= 15 is 0 Å². The quantitative estimate of drug-likeness (QED) is 0.467. The summed E-state index contributed by atoms with van der Waals surface area (Å²) in [5, 5.41) is 8.27. The zero-order chi connectivity index (χ0) is 9.45. The van der Waals surface area contributed by atoms with Crippen LogP contribution in [0.25, 0.3) is 0 Å². The molecule has 0 aliphatic rings. The first-order valence-electron chi connectivity index (χ1n) is 4.47. The van der Waals surface area contributed by atoms with Crippen LogP contribution < -0.4 is 0 Å². The van der Waals surface area contributed by atoms with Gasteiger partial charge in [-0.2, -0.15) is 5.26 Å². The first-order chi connectivity index (χ1) is 5.56. The smallest absolute Gasteiger partial charge is 0.0621 e. The van der Waals surface area contributed by atoms with Gasteiger partial charge >= 0.3 is 0 Å². The molecule has 0 atom stereocenters. The normalized spacial score (nSPS) is 11.8. The highest BCUT2D eigenvalue weighted by atomic mass is 14.8. The van der Waals surface area contributed by atoms with E-state index in [0.717, 1.165) is 19.3 Å². The second kappa shape index (κ2) is 5.77. The van der Waals surface area contributed by atoms with Crippen molar-refractivity contribution in [3.63, 3.8) is 0 Å². The summed E-state index contributed by atoms with van der Waals surface area (Å²) in [6.07, 6.45) is 5.71. The SMILES string of the molecule is CC(C)(C)N=CCCCCC#N. The Balaban J connectivity index is 3.32. The third-order valence-corrected chi connectivity index (χ3v) is 1.35. The van der Waals surface area contributed by atoms with E-state index in [-0.39, 0.29) is 5.54 Å². The van der Waals surface area contributed by atoms with E-state index in [4.69, 9.17) is 5.26 Å². The largest absolute Gasteiger partial charge is 0.292 e. The highest BCUT2D eigenvalue weighted by molar-refractivity contribution is 5.57. The fourth-order valence-electron chi connectivity index (χ4n) is 0.778. The third-order valence-electron chi connectivity index (χ3n) is 1.35. The molecule has 0 spiro atoms. The molecule has 0 aromatic heterocycles. The second-order valence-electron chi connectivity index (χ2n) is 3.89. The maximum absolute atomic E-state index is 8.27. The van der Waals surface area contributed by atoms with Gasteiger partial charge in [0, 0.05) is 6.42 Å². The van der Waals surface area contributed by atoms with Gasteiger partial charge in [-0.25, -0.2) is 0 Å². The summed E-state index contributed by atoms with van der Waals surface area (Å²) < 4.78 is 0. The Bertz CT molecular complexity index is 169. The molecule has 0 fully saturated rings. The zero-order valence-electron chi connectivity index (χ0n) is 8.30. The summed E-state index contributed by atoms with van der Waals surface area (Å²) >= 11 is 0. The predicted octanol–water partition coefficient (Wildman–Crippen LogP) is 2.94. The second-order valence-corrected chi connectivity index (χ2v) is 3.89. The Kier molecular flexibility index (Phi) is 5.36. The molecule has 0 aromatic carbocycles. The highest BCUT2D eigenvalue weighted by Gasteiger charge is 2.03. The van der Waals surface area contributed by atoms with Crippen molar-refractivity contribution in [1.82, 2.24) is 0 Å². The molecule has 0 aliphatic heterocycles. The molecule has 2 nitrogen and oxygen atoms in total. The molecular weight excluding hydrogens is 148 g/mol. The predicted molar refractivity (Wildman–Crippen MR) is 52.3 cm³/mol. The number of hydrogen-bond acceptors (Lipinski definition) is 2. The van der Waals surface area contributed by atoms with Crippen LogP contribution in [0.2, 0.25) is 0 Å². The van der Waals surface area contributed by atoms with E-state index in [1.807, 2.05) is 6.21 Å². The summed E-state index contributed by atoms with van der Waals surface area (Å²) in [4.78, 5) is 4.35. The van der Waals surface area contributed by atoms with Gasteiger partial charge in [-0.3, -0.25) is 4.99 Å². The van der Waals surface area contributed by atoms with Gasteiger partial charge < -0.3 is 0 Å². The maximum Gasteiger partial charge on any atom is 0.0621 e. The van der Waals surface area contributed by atoms with Crippen LogP contribution in [0, 0.1) is 11.3 Å². The summed E-state index contributed by atoms with van der Waals surface area (Å²) in [6.45, 7) is 6.25. The van der Waals surface area contributed by atoms with Crippen molar-refractivity contribution in [2.45, 2.75) is 52.0 Å². The molecule has 12 heavy (non-hydrogen) atoms. The van der Waals surface area contributed by atoms with Crippen LogP contribution in [0.3, 0.4) is 0 Å². The van der Waals surface area contributed by atoms with Gasteiger partial charge in [-0.1, -0.05) is 0 Å². The van der Waals surface area contributed by atoms with E-state index < -0.39 is 0 Å². The van der Waals surface area contributed by atoms with Crippen molar-refractivity contribution in [3.05, 3.63) is 0 Å². The van der Waals surface area contributed by atoms with Gasteiger partial charge in [0.05, 0.1) is 11.6 Å². The standard InChI is InChI=1S/C10H18N2/c1-10(2,3)12-9-7-5-4-6-8-11/h9H,4-7H2,1-3H3. The fraction of sp³-hybridized carbons (Fsp3) is 0.800. The van der Waals surface area contributed by atoms with Crippen molar-refractivity contribution in [3.8, 4) is 6.07 Å². The molecule has 0 amide bonds. The minimum absolute atomic E-state index is 0.0508. The van der Waals surface area contributed by atoms with Crippen molar-refractivity contribution in [1.29, 1.82) is 5.26 Å². The monoisotopic (exact) mass is 166 g/mol. The molecule has 0 bridgehead atoms. The molecule has 0 saturated carbocycles. The fourth-order valence-corrected chi connectivity index (χ4v) is 0.778. The number of hydrogen-bond donors (Lipinski definition) is 0. The topological polar surface area (TPSA) is 36.1 Å². The number of nitriles is 1. The Hall–Kier alpha value is -0.840. The average molecular weight is 166 g/mol. The van der Waals surface area contributed by atoms with E-state index in [0.29, 0.717) is 6.42 Å². The van der Waals surface area contributed by atoms with Gasteiger partial charge in [0.2, 0.25) is 0 Å². The molecule has 0 radical (unpaired) electrons. The molecule has 0 rings (SSSR count). The lowest BCUT2D eigenvalue weighted by molar-refractivity contribution is 0.583. The lowest BCUT2D eigenvalue weighted by Crippen LogP contribution is -2.09. The maximum atomic E-state index is 8.27. The van der Waals surface area contributed by atoms with Crippen LogP contribution in [0.5, 0.6) is 0 Å². The third kappa shape index (κ3) is 9.16. The minimum Gasteiger partial charge on any atom is -0.292 e. The van der Waals surface area contributed by atoms with Gasteiger partial charge in [0.1, 0.15) is 0 Å². The summed E-state index contributed by atoms with van der Waals surface area (Å²) in [5.74, 6) is 0. The van der Waals surface area contributed by atoms with E-state index in [2.05, 4.69) is 31.8 Å². The van der Waals surface area contributed by atoms with E-state index in [9.17, 15) is 0 Å². The van der Waals surface area contributed by atoms with Crippen molar-refractivity contribution >= 4 is 6.21 Å². The highest BCUT2D eigenvalue weighted by Crippen LogP contribution is 2.05. The minimum atomic E-state index is 0.0508. The first-order valence-corrected chi connectivity index (χ1v) is 4.47. The molecular formula is C10H18N2. The molecule has 0 aliphatic carbocycles. The van der Waals surface area contributed by atoms with Crippen molar-refractivity contribution in [2.24, 2.45) is 4.99 Å². The Morgan fingerprint density at radius 1 is 1.33 bits per heavy atom. The Morgan fingerprint density at radius 3 is 2.50 bits per heavy atom. The molecule has 0 aromatic rings. The lowest BCUT2D eigenvalue weighted by atomic mass is 10.1. The number of aliphatic imine (C=N–C) groups is 1. The van der Waals surface area contributed by atoms with E-state index in [1.54, 1.807) is 0 Å². The van der Waals surface area contributed by atoms with Gasteiger partial charge in [-0.15, -0.1) is 0 Å². The number of nitrogens with zero attached hydrogens (tertiary/aromatic N) is 2. The first kappa shape index (κ1) is 11.2. The lowest BCUT2D eigenvalue weighted by Gasteiger charge is -2.10. The summed E-state index contributed by atoms with van der Waals surface area (Å²) in [5.41, 5.74) is 0.0508. The van der Waals surface area contributed by atoms with Gasteiger partial charge in [0.15, 0.2) is 0 Å². The van der Waals surface area contributed by atoms with Crippen molar-refractivity contribution < 1.29 is 0 Å². The average Bonchev–Trinajstić information content (AvgIpc) is 1.94. The molecule has 2 heteroatoms. The number of rotatable bonds is 4. The van der Waals surface area contributed by atoms with Crippen LogP contribution in [0.15, 0.2) is 4.99 Å². The number of unbranched alkanes of at least 4 members (excludes halogenated alkanes) is 3. The molecule has 0 heterocycles. The van der Waals surface area contributed by atoms with Crippen molar-refractivity contribution in [2.75, 3.05) is 0 Å². The Morgan fingerprint density at radius 2 is 2.00 bits per heavy atom. The van der Waals surface area contributed by atoms with Gasteiger partial charge in [-0.05, 0) is 46.2 Å².